The Balaban J connectivity index is 2.12. The lowest BCUT2D eigenvalue weighted by atomic mass is 10.1. The molecule has 2 rings (SSSR count). The average molecular weight is 305 g/mol. The van der Waals surface area contributed by atoms with Crippen LogP contribution in [0.5, 0.6) is 0 Å². The lowest BCUT2D eigenvalue weighted by Gasteiger charge is -2.12. The van der Waals surface area contributed by atoms with Gasteiger partial charge < -0.3 is 9.15 Å². The number of hydrogen-bond acceptors (Lipinski definition) is 6. The largest absolute Gasteiger partial charge is 0.463 e. The molecule has 1 aromatic rings. The first kappa shape index (κ1) is 14.5. The third-order valence-electron chi connectivity index (χ3n) is 2.88. The van der Waals surface area contributed by atoms with Gasteiger partial charge in [-0.05, 0) is 6.07 Å². The van der Waals surface area contributed by atoms with Crippen LogP contribution < -0.4 is 4.90 Å². The van der Waals surface area contributed by atoms with Crippen LogP contribution in [0.2, 0.25) is 0 Å². The second-order valence-corrected chi connectivity index (χ2v) is 5.82. The number of amides is 1. The number of halogens is 1. The minimum Gasteiger partial charge on any atom is -0.463 e. The van der Waals surface area contributed by atoms with E-state index in [1.54, 1.807) is 0 Å². The summed E-state index contributed by atoms with van der Waals surface area (Å²) in [5.41, 5.74) is 0. The molecule has 0 spiro atoms. The fraction of sp³-hybridized carbons (Fsp3) is 0.455. The van der Waals surface area contributed by atoms with Gasteiger partial charge in [-0.2, -0.15) is 8.42 Å². The molecule has 1 saturated heterocycles. The zero-order chi connectivity index (χ0) is 14.9. The van der Waals surface area contributed by atoms with Crippen molar-refractivity contribution in [2.24, 2.45) is 5.92 Å². The maximum Gasteiger partial charge on any atom is 0.374 e. The number of methoxy groups -OCH3 is 1. The lowest BCUT2D eigenvalue weighted by Crippen LogP contribution is -2.24. The summed E-state index contributed by atoms with van der Waals surface area (Å²) in [5.74, 6) is -2.38. The number of nitrogens with zero attached hydrogens (tertiary/aromatic N) is 1. The van der Waals surface area contributed by atoms with Crippen LogP contribution in [0.1, 0.15) is 17.0 Å². The van der Waals surface area contributed by atoms with Crippen molar-refractivity contribution in [1.82, 2.24) is 0 Å². The number of furan rings is 1. The first-order valence-corrected chi connectivity index (χ1v) is 7.26. The predicted octanol–water partition coefficient (Wildman–Crippen LogP) is 0.718. The third kappa shape index (κ3) is 3.16. The van der Waals surface area contributed by atoms with E-state index in [0.29, 0.717) is 0 Å². The minimum atomic E-state index is -4.63. The zero-order valence-electron chi connectivity index (χ0n) is 10.5. The van der Waals surface area contributed by atoms with Crippen molar-refractivity contribution in [2.45, 2.75) is 6.42 Å². The molecule has 0 aliphatic carbocycles. The number of anilines is 1. The summed E-state index contributed by atoms with van der Waals surface area (Å²) in [4.78, 5) is 24.2. The van der Waals surface area contributed by atoms with Crippen molar-refractivity contribution < 1.29 is 31.0 Å². The molecule has 1 fully saturated rings. The highest BCUT2D eigenvalue weighted by atomic mass is 32.3. The number of carbonyl (C=O) groups excluding carboxylic acids is 2. The molecule has 1 aromatic heterocycles. The quantitative estimate of drug-likeness (QED) is 0.601. The molecule has 1 unspecified atom stereocenters. The van der Waals surface area contributed by atoms with Gasteiger partial charge in [0.05, 0.1) is 12.9 Å². The number of hydrogen-bond donors (Lipinski definition) is 0. The Morgan fingerprint density at radius 3 is 2.85 bits per heavy atom. The maximum absolute atomic E-state index is 12.6. The smallest absolute Gasteiger partial charge is 0.374 e. The molecule has 110 valence electrons. The standard InChI is InChI=1S/C11H12FNO6S/c1-18-11(15)8-2-3-10(19-8)13-5-7(4-9(13)14)6-20(12,16)17/h2-3,7H,4-6H2,1H3. The van der Waals surface area contributed by atoms with Crippen LogP contribution in [-0.2, 0) is 19.8 Å². The van der Waals surface area contributed by atoms with E-state index in [1.165, 1.54) is 24.1 Å². The Morgan fingerprint density at radius 1 is 1.55 bits per heavy atom. The van der Waals surface area contributed by atoms with E-state index in [-0.39, 0.29) is 30.5 Å². The van der Waals surface area contributed by atoms with Crippen LogP contribution in [0.25, 0.3) is 0 Å². The number of carbonyl (C=O) groups is 2. The van der Waals surface area contributed by atoms with E-state index >= 15 is 0 Å². The topological polar surface area (TPSA) is 93.9 Å². The number of esters is 1. The zero-order valence-corrected chi connectivity index (χ0v) is 11.4. The van der Waals surface area contributed by atoms with Gasteiger partial charge in [0.1, 0.15) is 0 Å². The maximum atomic E-state index is 12.6. The van der Waals surface area contributed by atoms with E-state index in [0.717, 1.165) is 0 Å². The van der Waals surface area contributed by atoms with Crippen LogP contribution in [-0.4, -0.2) is 39.7 Å². The van der Waals surface area contributed by atoms with Crippen molar-refractivity contribution in [3.63, 3.8) is 0 Å². The number of ether oxygens (including phenoxy) is 1. The summed E-state index contributed by atoms with van der Waals surface area (Å²) in [6.45, 7) is 0.0239. The Hall–Kier alpha value is -1.90. The molecule has 2 heterocycles. The molecule has 1 amide bonds. The predicted molar refractivity (Wildman–Crippen MR) is 65.4 cm³/mol. The summed E-state index contributed by atoms with van der Waals surface area (Å²) >= 11 is 0. The molecule has 0 aromatic carbocycles. The third-order valence-corrected chi connectivity index (χ3v) is 3.75. The Kier molecular flexibility index (Phi) is 3.80. The van der Waals surface area contributed by atoms with E-state index in [2.05, 4.69) is 4.74 Å². The van der Waals surface area contributed by atoms with Gasteiger partial charge in [0.2, 0.25) is 17.6 Å². The lowest BCUT2D eigenvalue weighted by molar-refractivity contribution is -0.117. The average Bonchev–Trinajstić information content (AvgIpc) is 2.92. The van der Waals surface area contributed by atoms with Crippen LogP contribution in [0.4, 0.5) is 9.77 Å². The highest BCUT2D eigenvalue weighted by molar-refractivity contribution is 7.86. The molecule has 0 radical (unpaired) electrons. The molecule has 1 aliphatic heterocycles. The molecule has 0 N–H and O–H groups in total. The summed E-state index contributed by atoms with van der Waals surface area (Å²) in [7, 11) is -3.44. The molecular weight excluding hydrogens is 293 g/mol. The molecule has 1 aliphatic rings. The van der Waals surface area contributed by atoms with Gasteiger partial charge in [-0.3, -0.25) is 9.69 Å². The van der Waals surface area contributed by atoms with Gasteiger partial charge in [-0.1, -0.05) is 0 Å². The normalized spacial score (nSPS) is 19.4. The van der Waals surface area contributed by atoms with Crippen LogP contribution in [0.15, 0.2) is 16.5 Å². The monoisotopic (exact) mass is 305 g/mol. The van der Waals surface area contributed by atoms with Crippen molar-refractivity contribution in [3.05, 3.63) is 17.9 Å². The van der Waals surface area contributed by atoms with E-state index < -0.39 is 27.9 Å². The summed E-state index contributed by atoms with van der Waals surface area (Å²) in [6, 6.07) is 2.74. The van der Waals surface area contributed by atoms with E-state index in [4.69, 9.17) is 4.42 Å². The first-order chi connectivity index (χ1) is 9.30. The Labute approximate surface area is 114 Å². The Bertz CT molecular complexity index is 637. The van der Waals surface area contributed by atoms with Crippen molar-refractivity contribution >= 4 is 28.0 Å². The second kappa shape index (κ2) is 5.23. The molecular formula is C11H12FNO6S. The minimum absolute atomic E-state index is 0.0239. The van der Waals surface area contributed by atoms with Crippen LogP contribution in [0, 0.1) is 5.92 Å². The van der Waals surface area contributed by atoms with Gasteiger partial charge in [0, 0.05) is 24.9 Å². The van der Waals surface area contributed by atoms with Gasteiger partial charge in [-0.25, -0.2) is 4.79 Å². The van der Waals surface area contributed by atoms with Gasteiger partial charge in [-0.15, -0.1) is 3.89 Å². The highest BCUT2D eigenvalue weighted by Crippen LogP contribution is 2.28. The second-order valence-electron chi connectivity index (χ2n) is 4.41. The number of rotatable bonds is 4. The van der Waals surface area contributed by atoms with Crippen LogP contribution in [0.3, 0.4) is 0 Å². The van der Waals surface area contributed by atoms with Gasteiger partial charge in [0.25, 0.3) is 0 Å². The summed E-state index contributed by atoms with van der Waals surface area (Å²) < 4.78 is 43.4. The van der Waals surface area contributed by atoms with Crippen molar-refractivity contribution in [3.8, 4) is 0 Å². The summed E-state index contributed by atoms with van der Waals surface area (Å²) in [6.07, 6.45) is -0.0859. The van der Waals surface area contributed by atoms with E-state index in [9.17, 15) is 21.9 Å². The Morgan fingerprint density at radius 2 is 2.25 bits per heavy atom. The van der Waals surface area contributed by atoms with Crippen molar-refractivity contribution in [1.29, 1.82) is 0 Å². The first-order valence-electron chi connectivity index (χ1n) is 5.71. The molecule has 7 nitrogen and oxygen atoms in total. The van der Waals surface area contributed by atoms with Gasteiger partial charge in [0.15, 0.2) is 0 Å². The SMILES string of the molecule is COC(=O)c1ccc(N2CC(CS(=O)(=O)F)CC2=O)o1. The van der Waals surface area contributed by atoms with Gasteiger partial charge >= 0.3 is 16.2 Å². The fourth-order valence-corrected chi connectivity index (χ4v) is 2.86. The molecule has 0 saturated carbocycles. The molecule has 1 atom stereocenters. The highest BCUT2D eigenvalue weighted by Gasteiger charge is 2.35. The van der Waals surface area contributed by atoms with Crippen LogP contribution >= 0.6 is 0 Å². The molecule has 0 bridgehead atoms. The fourth-order valence-electron chi connectivity index (χ4n) is 2.07. The summed E-state index contributed by atoms with van der Waals surface area (Å²) in [5, 5.41) is 0. The van der Waals surface area contributed by atoms with Crippen molar-refractivity contribution in [2.75, 3.05) is 24.3 Å². The van der Waals surface area contributed by atoms with E-state index in [1.807, 2.05) is 0 Å². The molecule has 9 heteroatoms. The molecule has 20 heavy (non-hydrogen) atoms.